The summed E-state index contributed by atoms with van der Waals surface area (Å²) < 4.78 is 27.7. The van der Waals surface area contributed by atoms with Crippen LogP contribution in [0.1, 0.15) is 32.1 Å². The fourth-order valence-electron chi connectivity index (χ4n) is 4.63. The molecule has 1 saturated carbocycles. The van der Waals surface area contributed by atoms with Crippen molar-refractivity contribution in [1.82, 2.24) is 23.6 Å². The van der Waals surface area contributed by atoms with E-state index >= 15 is 0 Å². The second-order valence-corrected chi connectivity index (χ2v) is 10.3. The molecule has 0 bridgehead atoms. The van der Waals surface area contributed by atoms with E-state index in [-0.39, 0.29) is 47.2 Å². The van der Waals surface area contributed by atoms with E-state index in [1.807, 2.05) is 0 Å². The zero-order chi connectivity index (χ0) is 20.9. The molecule has 0 spiro atoms. The van der Waals surface area contributed by atoms with E-state index in [1.54, 1.807) is 4.90 Å². The second-order valence-electron chi connectivity index (χ2n) is 8.05. The van der Waals surface area contributed by atoms with Crippen LogP contribution in [-0.2, 0) is 35.3 Å². The smallest absolute Gasteiger partial charge is 0.332 e. The molecular weight excluding hydrogens is 398 g/mol. The van der Waals surface area contributed by atoms with Crippen molar-refractivity contribution >= 4 is 26.9 Å². The second kappa shape index (κ2) is 7.12. The van der Waals surface area contributed by atoms with Crippen molar-refractivity contribution < 1.29 is 13.2 Å². The zero-order valence-electron chi connectivity index (χ0n) is 16.6. The third-order valence-corrected chi connectivity index (χ3v) is 7.88. The molecule has 1 aliphatic heterocycles. The third kappa shape index (κ3) is 3.41. The first-order valence-electron chi connectivity index (χ1n) is 9.82. The number of aromatic nitrogens is 4. The quantitative estimate of drug-likeness (QED) is 0.648. The summed E-state index contributed by atoms with van der Waals surface area (Å²) in [5, 5.41) is 0. The van der Waals surface area contributed by atoms with Gasteiger partial charge in [-0.3, -0.25) is 18.7 Å². The summed E-state index contributed by atoms with van der Waals surface area (Å²) in [5.41, 5.74) is -0.581. The number of hydrogen-bond donors (Lipinski definition) is 0. The summed E-state index contributed by atoms with van der Waals surface area (Å²) in [4.78, 5) is 43.9. The number of aryl methyl sites for hydroxylation is 1. The van der Waals surface area contributed by atoms with Gasteiger partial charge in [-0.1, -0.05) is 12.8 Å². The topological polar surface area (TPSA) is 116 Å². The molecule has 1 saturated heterocycles. The summed E-state index contributed by atoms with van der Waals surface area (Å²) in [5.74, 6) is -0.115. The first-order chi connectivity index (χ1) is 13.7. The highest BCUT2D eigenvalue weighted by Crippen LogP contribution is 2.29. The Bertz CT molecular complexity index is 1190. The largest absolute Gasteiger partial charge is 0.334 e. The highest BCUT2D eigenvalue weighted by atomic mass is 32.2. The summed E-state index contributed by atoms with van der Waals surface area (Å²) in [7, 11) is -0.216. The lowest BCUT2D eigenvalue weighted by atomic mass is 10.1. The van der Waals surface area contributed by atoms with Crippen LogP contribution in [0.3, 0.4) is 0 Å². The van der Waals surface area contributed by atoms with Crippen LogP contribution in [0, 0.1) is 0 Å². The van der Waals surface area contributed by atoms with Gasteiger partial charge in [-0.25, -0.2) is 18.2 Å². The van der Waals surface area contributed by atoms with Crippen molar-refractivity contribution in [2.45, 2.75) is 50.7 Å². The van der Waals surface area contributed by atoms with E-state index in [0.29, 0.717) is 6.42 Å². The summed E-state index contributed by atoms with van der Waals surface area (Å²) in [6.45, 7) is -0.114. The fraction of sp³-hybridized carbons (Fsp3) is 0.667. The van der Waals surface area contributed by atoms with E-state index in [2.05, 4.69) is 4.98 Å². The number of fused-ring (bicyclic) bond motifs is 1. The van der Waals surface area contributed by atoms with E-state index < -0.39 is 21.1 Å². The molecule has 1 amide bonds. The van der Waals surface area contributed by atoms with Gasteiger partial charge in [-0.2, -0.15) is 0 Å². The summed E-state index contributed by atoms with van der Waals surface area (Å²) in [6.07, 6.45) is 5.61. The normalized spacial score (nSPS) is 21.8. The van der Waals surface area contributed by atoms with Crippen LogP contribution in [0.5, 0.6) is 0 Å². The molecule has 0 N–H and O–H groups in total. The van der Waals surface area contributed by atoms with Crippen LogP contribution in [0.25, 0.3) is 11.2 Å². The molecule has 158 valence electrons. The van der Waals surface area contributed by atoms with E-state index in [1.165, 1.54) is 29.6 Å². The van der Waals surface area contributed by atoms with E-state index in [9.17, 15) is 22.8 Å². The van der Waals surface area contributed by atoms with Gasteiger partial charge in [0, 0.05) is 26.2 Å². The Morgan fingerprint density at radius 2 is 1.83 bits per heavy atom. The maximum absolute atomic E-state index is 13.3. The highest BCUT2D eigenvalue weighted by Gasteiger charge is 2.39. The molecular formula is C18H25N5O5S. The van der Waals surface area contributed by atoms with Gasteiger partial charge in [0.2, 0.25) is 5.91 Å². The van der Waals surface area contributed by atoms with Gasteiger partial charge >= 0.3 is 5.69 Å². The Morgan fingerprint density at radius 1 is 1.14 bits per heavy atom. The maximum atomic E-state index is 13.3. The van der Waals surface area contributed by atoms with Crippen LogP contribution >= 0.6 is 0 Å². The Kier molecular flexibility index (Phi) is 4.88. The Labute approximate surface area is 167 Å². The molecule has 2 aliphatic rings. The van der Waals surface area contributed by atoms with Crippen molar-refractivity contribution in [2.24, 2.45) is 14.1 Å². The third-order valence-electron chi connectivity index (χ3n) is 6.13. The van der Waals surface area contributed by atoms with Crippen molar-refractivity contribution in [3.8, 4) is 0 Å². The van der Waals surface area contributed by atoms with E-state index in [0.717, 1.165) is 30.3 Å². The van der Waals surface area contributed by atoms with E-state index in [4.69, 9.17) is 0 Å². The Morgan fingerprint density at radius 3 is 2.45 bits per heavy atom. The Hall–Kier alpha value is -2.43. The fourth-order valence-corrected chi connectivity index (χ4v) is 6.34. The number of nitrogens with zero attached hydrogens (tertiary/aromatic N) is 5. The van der Waals surface area contributed by atoms with Crippen LogP contribution in [0.2, 0.25) is 0 Å². The zero-order valence-corrected chi connectivity index (χ0v) is 17.4. The number of carbonyl (C=O) groups is 1. The molecule has 2 fully saturated rings. The molecule has 1 atom stereocenters. The average molecular weight is 423 g/mol. The van der Waals surface area contributed by atoms with Crippen LogP contribution in [0.4, 0.5) is 0 Å². The average Bonchev–Trinajstić information content (AvgIpc) is 3.39. The lowest BCUT2D eigenvalue weighted by molar-refractivity contribution is -0.136. The minimum atomic E-state index is -3.13. The maximum Gasteiger partial charge on any atom is 0.332 e. The molecule has 0 radical (unpaired) electrons. The highest BCUT2D eigenvalue weighted by molar-refractivity contribution is 7.91. The van der Waals surface area contributed by atoms with Crippen molar-refractivity contribution in [3.63, 3.8) is 0 Å². The van der Waals surface area contributed by atoms with Crippen molar-refractivity contribution in [1.29, 1.82) is 0 Å². The van der Waals surface area contributed by atoms with Gasteiger partial charge in [0.05, 0.1) is 17.8 Å². The molecule has 2 aromatic rings. The molecule has 3 heterocycles. The molecule has 2 aromatic heterocycles. The molecule has 29 heavy (non-hydrogen) atoms. The summed E-state index contributed by atoms with van der Waals surface area (Å²) in [6, 6.07) is -0.291. The monoisotopic (exact) mass is 423 g/mol. The molecule has 4 rings (SSSR count). The van der Waals surface area contributed by atoms with Gasteiger partial charge in [0.15, 0.2) is 21.0 Å². The lowest BCUT2D eigenvalue weighted by Gasteiger charge is -2.34. The van der Waals surface area contributed by atoms with Gasteiger partial charge in [-0.05, 0) is 19.3 Å². The molecule has 11 heteroatoms. The summed E-state index contributed by atoms with van der Waals surface area (Å²) >= 11 is 0. The van der Waals surface area contributed by atoms with Crippen molar-refractivity contribution in [2.75, 3.05) is 11.5 Å². The predicted molar refractivity (Wildman–Crippen MR) is 106 cm³/mol. The minimum Gasteiger partial charge on any atom is -0.334 e. The molecule has 10 nitrogen and oxygen atoms in total. The van der Waals surface area contributed by atoms with Gasteiger partial charge in [-0.15, -0.1) is 0 Å². The number of imidazole rings is 1. The molecule has 0 unspecified atom stereocenters. The van der Waals surface area contributed by atoms with Crippen molar-refractivity contribution in [3.05, 3.63) is 27.2 Å². The SMILES string of the molecule is Cn1c(=O)c2c(ncn2CC(=O)N(C2CCCC2)[C@H]2CCS(=O)(=O)C2)n(C)c1=O. The molecule has 1 aliphatic carbocycles. The minimum absolute atomic E-state index is 0.00379. The number of amides is 1. The van der Waals surface area contributed by atoms with Gasteiger partial charge in [0.1, 0.15) is 6.54 Å². The number of sulfone groups is 1. The van der Waals surface area contributed by atoms with Gasteiger partial charge in [0.25, 0.3) is 5.56 Å². The van der Waals surface area contributed by atoms with Crippen LogP contribution in [-0.4, -0.2) is 61.5 Å². The van der Waals surface area contributed by atoms with Crippen LogP contribution < -0.4 is 11.2 Å². The first kappa shape index (κ1) is 19.9. The van der Waals surface area contributed by atoms with Crippen LogP contribution in [0.15, 0.2) is 15.9 Å². The standard InChI is InChI=1S/C18H25N5O5S/c1-20-16-15(17(25)21(2)18(20)26)22(11-19-16)9-14(24)23(12-5-3-4-6-12)13-7-8-29(27,28)10-13/h11-13H,3-10H2,1-2H3/t13-/m0/s1. The Balaban J connectivity index is 1.70. The molecule has 0 aromatic carbocycles. The first-order valence-corrected chi connectivity index (χ1v) is 11.6. The number of hydrogen-bond acceptors (Lipinski definition) is 6. The lowest BCUT2D eigenvalue weighted by Crippen LogP contribution is -2.48. The predicted octanol–water partition coefficient (Wildman–Crippen LogP) is -0.608. The van der Waals surface area contributed by atoms with Gasteiger partial charge < -0.3 is 9.47 Å². The number of carbonyl (C=O) groups excluding carboxylic acids is 1. The number of rotatable bonds is 4.